The summed E-state index contributed by atoms with van der Waals surface area (Å²) in [6, 6.07) is 9.61. The van der Waals surface area contributed by atoms with Crippen molar-refractivity contribution in [3.8, 4) is 0 Å². The largest absolute Gasteiger partial charge is 0.381 e. The van der Waals surface area contributed by atoms with E-state index in [1.807, 2.05) is 0 Å². The molecule has 1 saturated heterocycles. The van der Waals surface area contributed by atoms with E-state index in [0.717, 1.165) is 6.54 Å². The van der Waals surface area contributed by atoms with E-state index in [2.05, 4.69) is 55.4 Å². The van der Waals surface area contributed by atoms with Gasteiger partial charge in [-0.2, -0.15) is 0 Å². The van der Waals surface area contributed by atoms with Gasteiger partial charge in [0.15, 0.2) is 0 Å². The first-order chi connectivity index (χ1) is 8.69. The molecule has 2 heteroatoms. The van der Waals surface area contributed by atoms with Crippen LogP contribution in [-0.2, 0) is 0 Å². The lowest BCUT2D eigenvalue weighted by atomic mass is 9.98. The smallest absolute Gasteiger partial charge is 0.0388 e. The van der Waals surface area contributed by atoms with E-state index < -0.39 is 0 Å². The van der Waals surface area contributed by atoms with Gasteiger partial charge in [0.1, 0.15) is 0 Å². The standard InChI is InChI=1S/C16H26N2/c1-4-13(2)14-7-9-15(10-8-14)17-16-6-5-11-18(3)12-16/h7-10,13,16-17H,4-6,11-12H2,1-3H3. The summed E-state index contributed by atoms with van der Waals surface area (Å²) in [4.78, 5) is 2.41. The molecule has 2 unspecified atom stereocenters. The third-order valence-electron chi connectivity index (χ3n) is 4.09. The Morgan fingerprint density at radius 2 is 2.06 bits per heavy atom. The van der Waals surface area contributed by atoms with Crippen LogP contribution in [0.4, 0.5) is 5.69 Å². The van der Waals surface area contributed by atoms with Crippen molar-refractivity contribution >= 4 is 5.69 Å². The first kappa shape index (κ1) is 13.4. The van der Waals surface area contributed by atoms with Crippen molar-refractivity contribution in [2.45, 2.75) is 45.1 Å². The molecule has 0 saturated carbocycles. The minimum Gasteiger partial charge on any atom is -0.381 e. The van der Waals surface area contributed by atoms with Gasteiger partial charge in [-0.05, 0) is 56.5 Å². The summed E-state index contributed by atoms with van der Waals surface area (Å²) in [5.41, 5.74) is 2.71. The lowest BCUT2D eigenvalue weighted by molar-refractivity contribution is 0.261. The van der Waals surface area contributed by atoms with Crippen LogP contribution in [0, 0.1) is 0 Å². The average molecular weight is 246 g/mol. The maximum Gasteiger partial charge on any atom is 0.0388 e. The summed E-state index contributed by atoms with van der Waals surface area (Å²) in [6.45, 7) is 6.94. The van der Waals surface area contributed by atoms with Crippen molar-refractivity contribution in [2.75, 3.05) is 25.5 Å². The van der Waals surface area contributed by atoms with E-state index in [1.165, 1.54) is 37.1 Å². The van der Waals surface area contributed by atoms with Gasteiger partial charge in [-0.25, -0.2) is 0 Å². The van der Waals surface area contributed by atoms with E-state index in [0.29, 0.717) is 12.0 Å². The minimum absolute atomic E-state index is 0.609. The van der Waals surface area contributed by atoms with E-state index >= 15 is 0 Å². The molecular weight excluding hydrogens is 220 g/mol. The number of anilines is 1. The highest BCUT2D eigenvalue weighted by Crippen LogP contribution is 2.21. The van der Waals surface area contributed by atoms with Gasteiger partial charge >= 0.3 is 0 Å². The number of hydrogen-bond acceptors (Lipinski definition) is 2. The minimum atomic E-state index is 0.609. The molecular formula is C16H26N2. The first-order valence-corrected chi connectivity index (χ1v) is 7.24. The Kier molecular flexibility index (Phi) is 4.65. The number of nitrogens with one attached hydrogen (secondary N) is 1. The van der Waals surface area contributed by atoms with Crippen LogP contribution in [0.3, 0.4) is 0 Å². The molecule has 2 nitrogen and oxygen atoms in total. The van der Waals surface area contributed by atoms with Crippen LogP contribution in [0.25, 0.3) is 0 Å². The molecule has 0 amide bonds. The molecule has 100 valence electrons. The van der Waals surface area contributed by atoms with E-state index in [4.69, 9.17) is 0 Å². The molecule has 2 rings (SSSR count). The summed E-state index contributed by atoms with van der Waals surface area (Å²) in [5, 5.41) is 3.65. The van der Waals surface area contributed by atoms with E-state index in [-0.39, 0.29) is 0 Å². The number of benzene rings is 1. The van der Waals surface area contributed by atoms with Crippen molar-refractivity contribution in [2.24, 2.45) is 0 Å². The van der Waals surface area contributed by atoms with Gasteiger partial charge in [-0.1, -0.05) is 26.0 Å². The summed E-state index contributed by atoms with van der Waals surface area (Å²) in [5.74, 6) is 0.667. The highest BCUT2D eigenvalue weighted by atomic mass is 15.1. The molecule has 0 bridgehead atoms. The predicted octanol–water partition coefficient (Wildman–Crippen LogP) is 3.71. The molecule has 1 N–H and O–H groups in total. The summed E-state index contributed by atoms with van der Waals surface area (Å²) < 4.78 is 0. The Hall–Kier alpha value is -1.02. The van der Waals surface area contributed by atoms with E-state index in [9.17, 15) is 0 Å². The number of hydrogen-bond donors (Lipinski definition) is 1. The zero-order chi connectivity index (χ0) is 13.0. The van der Waals surface area contributed by atoms with Crippen molar-refractivity contribution < 1.29 is 0 Å². The Labute approximate surface area is 111 Å². The van der Waals surface area contributed by atoms with Gasteiger partial charge in [0.25, 0.3) is 0 Å². The van der Waals surface area contributed by atoms with Crippen LogP contribution in [-0.4, -0.2) is 31.1 Å². The van der Waals surface area contributed by atoms with Crippen molar-refractivity contribution in [1.82, 2.24) is 4.90 Å². The van der Waals surface area contributed by atoms with Crippen molar-refractivity contribution in [3.05, 3.63) is 29.8 Å². The maximum atomic E-state index is 3.65. The quantitative estimate of drug-likeness (QED) is 0.871. The summed E-state index contributed by atoms with van der Waals surface area (Å²) in [6.07, 6.45) is 3.80. The zero-order valence-corrected chi connectivity index (χ0v) is 11.9. The molecule has 1 aliphatic rings. The Morgan fingerprint density at radius 3 is 2.67 bits per heavy atom. The molecule has 0 aromatic heterocycles. The molecule has 0 radical (unpaired) electrons. The number of likely N-dealkylation sites (N-methyl/N-ethyl adjacent to an activating group) is 1. The molecule has 1 aliphatic heterocycles. The van der Waals surface area contributed by atoms with Crippen LogP contribution in [0.1, 0.15) is 44.6 Å². The highest BCUT2D eigenvalue weighted by molar-refractivity contribution is 5.46. The lowest BCUT2D eigenvalue weighted by Crippen LogP contribution is -2.39. The van der Waals surface area contributed by atoms with E-state index in [1.54, 1.807) is 0 Å². The summed E-state index contributed by atoms with van der Waals surface area (Å²) in [7, 11) is 2.21. The first-order valence-electron chi connectivity index (χ1n) is 7.24. The van der Waals surface area contributed by atoms with Gasteiger partial charge in [-0.15, -0.1) is 0 Å². The predicted molar refractivity (Wildman–Crippen MR) is 79.3 cm³/mol. The van der Waals surface area contributed by atoms with Gasteiger partial charge < -0.3 is 10.2 Å². The van der Waals surface area contributed by atoms with Crippen LogP contribution in [0.15, 0.2) is 24.3 Å². The van der Waals surface area contributed by atoms with Gasteiger partial charge in [0, 0.05) is 18.3 Å². The number of rotatable bonds is 4. The Morgan fingerprint density at radius 1 is 1.33 bits per heavy atom. The fraction of sp³-hybridized carbons (Fsp3) is 0.625. The monoisotopic (exact) mass is 246 g/mol. The molecule has 1 fully saturated rings. The second-order valence-electron chi connectivity index (χ2n) is 5.68. The van der Waals surface area contributed by atoms with Gasteiger partial charge in [0.2, 0.25) is 0 Å². The van der Waals surface area contributed by atoms with Crippen LogP contribution >= 0.6 is 0 Å². The molecule has 0 aliphatic carbocycles. The number of likely N-dealkylation sites (tertiary alicyclic amines) is 1. The molecule has 18 heavy (non-hydrogen) atoms. The van der Waals surface area contributed by atoms with Crippen molar-refractivity contribution in [3.63, 3.8) is 0 Å². The average Bonchev–Trinajstić information content (AvgIpc) is 2.39. The molecule has 1 aromatic rings. The van der Waals surface area contributed by atoms with Gasteiger partial charge in [0.05, 0.1) is 0 Å². The maximum absolute atomic E-state index is 3.65. The number of nitrogens with zero attached hydrogens (tertiary/aromatic N) is 1. The number of piperidine rings is 1. The van der Waals surface area contributed by atoms with Crippen LogP contribution in [0.2, 0.25) is 0 Å². The summed E-state index contributed by atoms with van der Waals surface area (Å²) >= 11 is 0. The zero-order valence-electron chi connectivity index (χ0n) is 11.9. The molecule has 1 aromatic carbocycles. The molecule has 0 spiro atoms. The molecule has 2 atom stereocenters. The normalized spacial score (nSPS) is 22.7. The second kappa shape index (κ2) is 6.24. The van der Waals surface area contributed by atoms with Crippen LogP contribution < -0.4 is 5.32 Å². The fourth-order valence-corrected chi connectivity index (χ4v) is 2.66. The second-order valence-corrected chi connectivity index (χ2v) is 5.68. The lowest BCUT2D eigenvalue weighted by Gasteiger charge is -2.31. The third-order valence-corrected chi connectivity index (χ3v) is 4.09. The van der Waals surface area contributed by atoms with Gasteiger partial charge in [-0.3, -0.25) is 0 Å². The van der Waals surface area contributed by atoms with Crippen LogP contribution in [0.5, 0.6) is 0 Å². The third kappa shape index (κ3) is 3.49. The Balaban J connectivity index is 1.93. The highest BCUT2D eigenvalue weighted by Gasteiger charge is 2.16. The fourth-order valence-electron chi connectivity index (χ4n) is 2.66. The topological polar surface area (TPSA) is 15.3 Å². The Bertz CT molecular complexity index is 358. The van der Waals surface area contributed by atoms with Crippen molar-refractivity contribution in [1.29, 1.82) is 0 Å². The SMILES string of the molecule is CCC(C)c1ccc(NC2CCCN(C)C2)cc1. The molecule has 1 heterocycles.